The fraction of sp³-hybridized carbons (Fsp3) is 1.00. The molecule has 6 heteroatoms. The molecular weight excluding hydrogens is 236 g/mol. The van der Waals surface area contributed by atoms with Crippen LogP contribution in [0.5, 0.6) is 0 Å². The maximum Gasteiger partial charge on any atom is 0.129 e. The maximum atomic E-state index is 6.13. The zero-order valence-corrected chi connectivity index (χ0v) is 12.9. The van der Waals surface area contributed by atoms with Gasteiger partial charge in [0.1, 0.15) is 19.4 Å². The average molecular weight is 260 g/mol. The van der Waals surface area contributed by atoms with Crippen LogP contribution in [0.4, 0.5) is 0 Å². The molecule has 2 aliphatic rings. The normalized spacial score (nSPS) is 42.4. The molecule has 2 saturated heterocycles. The molecule has 0 aromatic carbocycles. The van der Waals surface area contributed by atoms with Gasteiger partial charge in [0.25, 0.3) is 0 Å². The third kappa shape index (κ3) is 2.02. The van der Waals surface area contributed by atoms with Crippen molar-refractivity contribution in [3.63, 3.8) is 0 Å². The highest BCUT2D eigenvalue weighted by atomic mass is 28.2. The summed E-state index contributed by atoms with van der Waals surface area (Å²) in [4.78, 5) is 0. The van der Waals surface area contributed by atoms with Gasteiger partial charge >= 0.3 is 0 Å². The van der Waals surface area contributed by atoms with Crippen LogP contribution >= 0.6 is 0 Å². The van der Waals surface area contributed by atoms with E-state index in [2.05, 4.69) is 0 Å². The molecule has 2 aliphatic heterocycles. The Kier molecular flexibility index (Phi) is 4.20. The van der Waals surface area contributed by atoms with Crippen molar-refractivity contribution in [2.45, 2.75) is 49.0 Å². The predicted molar refractivity (Wildman–Crippen MR) is 70.5 cm³/mol. The molecule has 2 fully saturated rings. The lowest BCUT2D eigenvalue weighted by Gasteiger charge is -2.52. The number of ether oxygens (including phenoxy) is 2. The Hall–Kier alpha value is 0.274. The molecule has 2 unspecified atom stereocenters. The van der Waals surface area contributed by atoms with E-state index in [0.717, 1.165) is 26.1 Å². The van der Waals surface area contributed by atoms with E-state index < -0.39 is 19.4 Å². The fourth-order valence-corrected chi connectivity index (χ4v) is 6.72. The summed E-state index contributed by atoms with van der Waals surface area (Å²) in [5, 5.41) is 12.0. The van der Waals surface area contributed by atoms with E-state index >= 15 is 0 Å². The quantitative estimate of drug-likeness (QED) is 0.630. The lowest BCUT2D eigenvalue weighted by Crippen LogP contribution is -2.69. The van der Waals surface area contributed by atoms with Gasteiger partial charge < -0.3 is 20.3 Å². The first-order chi connectivity index (χ1) is 7.79. The van der Waals surface area contributed by atoms with Gasteiger partial charge in [-0.15, -0.1) is 0 Å². The van der Waals surface area contributed by atoms with Crippen LogP contribution in [0.3, 0.4) is 0 Å². The summed E-state index contributed by atoms with van der Waals surface area (Å²) in [5.74, 6) is 0. The smallest absolute Gasteiger partial charge is 0.129 e. The summed E-state index contributed by atoms with van der Waals surface area (Å²) >= 11 is 0. The zero-order chi connectivity index (χ0) is 11.5. The monoisotopic (exact) mass is 260 g/mol. The van der Waals surface area contributed by atoms with Crippen LogP contribution in [-0.4, -0.2) is 43.0 Å². The lowest BCUT2D eigenvalue weighted by molar-refractivity contribution is -0.161. The van der Waals surface area contributed by atoms with Crippen LogP contribution in [0.2, 0.25) is 0 Å². The van der Waals surface area contributed by atoms with Gasteiger partial charge in [-0.3, -0.25) is 0 Å². The molecule has 0 bridgehead atoms. The molecule has 2 atom stereocenters. The summed E-state index contributed by atoms with van der Waals surface area (Å²) < 4.78 is 12.2. The van der Waals surface area contributed by atoms with Gasteiger partial charge in [-0.25, -0.2) is 0 Å². The second-order valence-electron chi connectivity index (χ2n) is 5.01. The number of nitrogens with two attached hydrogens (primary N) is 2. The Morgan fingerprint density at radius 1 is 0.750 bits per heavy atom. The van der Waals surface area contributed by atoms with Crippen molar-refractivity contribution < 1.29 is 9.47 Å². The van der Waals surface area contributed by atoms with Gasteiger partial charge in [0.2, 0.25) is 0 Å². The minimum absolute atomic E-state index is 0.132. The third-order valence-electron chi connectivity index (χ3n) is 4.20. The largest absolute Gasteiger partial charge is 0.375 e. The molecule has 0 spiro atoms. The minimum atomic E-state index is -0.744. The first kappa shape index (κ1) is 12.7. The molecule has 0 saturated carbocycles. The molecule has 4 N–H and O–H groups in total. The van der Waals surface area contributed by atoms with Crippen LogP contribution in [0.1, 0.15) is 38.5 Å². The van der Waals surface area contributed by atoms with E-state index in [1.54, 1.807) is 0 Å². The Labute approximate surface area is 102 Å². The standard InChI is InChI=1S/C10H24N2O2Si2/c11-15-9(5-1-3-7-13-9)10(16-12)6-2-4-8-14-10/h1-8,11-12,15-16H2. The first-order valence-corrected chi connectivity index (χ1v) is 9.51. The lowest BCUT2D eigenvalue weighted by atomic mass is 9.96. The SMILES string of the molecule is N[SiH2]C1(C2([SiH2]N)CCCCO2)CCCCO1. The van der Waals surface area contributed by atoms with Gasteiger partial charge in [0, 0.05) is 13.2 Å². The minimum Gasteiger partial charge on any atom is -0.375 e. The van der Waals surface area contributed by atoms with Crippen molar-refractivity contribution in [2.24, 2.45) is 10.8 Å². The van der Waals surface area contributed by atoms with E-state index in [0.29, 0.717) is 0 Å². The van der Waals surface area contributed by atoms with E-state index in [4.69, 9.17) is 20.3 Å². The highest BCUT2D eigenvalue weighted by Crippen LogP contribution is 2.40. The van der Waals surface area contributed by atoms with Crippen molar-refractivity contribution in [3.05, 3.63) is 0 Å². The van der Waals surface area contributed by atoms with E-state index in [9.17, 15) is 0 Å². The second kappa shape index (κ2) is 5.28. The van der Waals surface area contributed by atoms with Crippen molar-refractivity contribution >= 4 is 19.4 Å². The number of hydrogen-bond donors (Lipinski definition) is 2. The third-order valence-corrected chi connectivity index (χ3v) is 8.42. The van der Waals surface area contributed by atoms with E-state index in [1.165, 1.54) is 25.7 Å². The molecular formula is C10H24N2O2Si2. The van der Waals surface area contributed by atoms with Gasteiger partial charge in [0.15, 0.2) is 0 Å². The highest BCUT2D eigenvalue weighted by Gasteiger charge is 2.53. The summed E-state index contributed by atoms with van der Waals surface area (Å²) in [6.07, 6.45) is 6.95. The van der Waals surface area contributed by atoms with Crippen molar-refractivity contribution in [1.29, 1.82) is 0 Å². The molecule has 2 heterocycles. The topological polar surface area (TPSA) is 70.5 Å². The number of hydrogen-bond acceptors (Lipinski definition) is 4. The highest BCUT2D eigenvalue weighted by molar-refractivity contribution is 6.44. The van der Waals surface area contributed by atoms with Crippen LogP contribution in [0, 0.1) is 0 Å². The predicted octanol–water partition coefficient (Wildman–Crippen LogP) is -1.13. The molecule has 0 amide bonds. The van der Waals surface area contributed by atoms with Crippen LogP contribution in [0.15, 0.2) is 0 Å². The van der Waals surface area contributed by atoms with Crippen LogP contribution in [0.25, 0.3) is 0 Å². The summed E-state index contributed by atoms with van der Waals surface area (Å²) in [7, 11) is -1.49. The van der Waals surface area contributed by atoms with Gasteiger partial charge in [-0.05, 0) is 38.5 Å². The zero-order valence-electron chi connectivity index (χ0n) is 10.0. The van der Waals surface area contributed by atoms with E-state index in [1.807, 2.05) is 0 Å². The van der Waals surface area contributed by atoms with Gasteiger partial charge in [-0.2, -0.15) is 0 Å². The molecule has 94 valence electrons. The maximum absolute atomic E-state index is 6.13. The van der Waals surface area contributed by atoms with Crippen LogP contribution in [-0.2, 0) is 9.47 Å². The average Bonchev–Trinajstić information content (AvgIpc) is 2.40. The second-order valence-corrected chi connectivity index (χ2v) is 8.11. The van der Waals surface area contributed by atoms with E-state index in [-0.39, 0.29) is 10.4 Å². The molecule has 0 aliphatic carbocycles. The van der Waals surface area contributed by atoms with Crippen molar-refractivity contribution in [1.82, 2.24) is 0 Å². The number of rotatable bonds is 3. The Bertz CT molecular complexity index is 205. The molecule has 16 heavy (non-hydrogen) atoms. The molecule has 4 nitrogen and oxygen atoms in total. The summed E-state index contributed by atoms with van der Waals surface area (Å²) in [6.45, 7) is 1.70. The summed E-state index contributed by atoms with van der Waals surface area (Å²) in [5.41, 5.74) is 0. The molecule has 0 aromatic heterocycles. The molecule has 0 aromatic rings. The Morgan fingerprint density at radius 2 is 1.19 bits per heavy atom. The first-order valence-electron chi connectivity index (χ1n) is 6.47. The Balaban J connectivity index is 2.21. The molecule has 2 rings (SSSR count). The van der Waals surface area contributed by atoms with Gasteiger partial charge in [-0.1, -0.05) is 0 Å². The molecule has 0 radical (unpaired) electrons. The summed E-state index contributed by atoms with van der Waals surface area (Å²) in [6, 6.07) is 0. The van der Waals surface area contributed by atoms with Crippen molar-refractivity contribution in [3.8, 4) is 0 Å². The Morgan fingerprint density at radius 3 is 1.44 bits per heavy atom. The van der Waals surface area contributed by atoms with Gasteiger partial charge in [0.05, 0.1) is 10.4 Å². The fourth-order valence-electron chi connectivity index (χ4n) is 3.12. The van der Waals surface area contributed by atoms with Crippen molar-refractivity contribution in [2.75, 3.05) is 13.2 Å². The van der Waals surface area contributed by atoms with Crippen LogP contribution < -0.4 is 10.8 Å².